The Morgan fingerprint density at radius 1 is 1.50 bits per heavy atom. The number of hydrogen-bond acceptors (Lipinski definition) is 2. The number of nitrogens with zero attached hydrogens (tertiary/aromatic N) is 3. The first kappa shape index (κ1) is 7.79. The summed E-state index contributed by atoms with van der Waals surface area (Å²) in [4.78, 5) is 5.77. The van der Waals surface area contributed by atoms with Crippen LogP contribution in [0.1, 0.15) is 12.8 Å². The summed E-state index contributed by atoms with van der Waals surface area (Å²) in [6, 6.07) is 0. The third-order valence-electron chi connectivity index (χ3n) is 1.51. The fraction of sp³-hybridized carbons (Fsp3) is 0.667. The molecule has 1 fully saturated rings. The summed E-state index contributed by atoms with van der Waals surface area (Å²) in [6.07, 6.45) is 4.24. The number of halogens is 1. The topological polar surface area (TPSA) is 39.4 Å². The van der Waals surface area contributed by atoms with Crippen molar-refractivity contribution in [2.24, 2.45) is 4.99 Å². The lowest BCUT2D eigenvalue weighted by Gasteiger charge is -2.12. The molecule has 0 unspecified atom stereocenters. The Labute approximate surface area is 73.9 Å². The second kappa shape index (κ2) is 3.76. The van der Waals surface area contributed by atoms with Gasteiger partial charge in [0.15, 0.2) is 3.84 Å². The Morgan fingerprint density at radius 3 is 2.60 bits per heavy atom. The van der Waals surface area contributed by atoms with Crippen LogP contribution >= 0.6 is 22.6 Å². The van der Waals surface area contributed by atoms with E-state index in [1.165, 1.54) is 12.8 Å². The van der Waals surface area contributed by atoms with Crippen LogP contribution < -0.4 is 0 Å². The quantitative estimate of drug-likeness (QED) is 0.214. The minimum absolute atomic E-state index is 0.831. The minimum Gasteiger partial charge on any atom is -0.351 e. The number of likely N-dealkylation sites (tertiary alicyclic amines) is 1. The van der Waals surface area contributed by atoms with Crippen LogP contribution in [0, 0.1) is 11.5 Å². The van der Waals surface area contributed by atoms with Crippen molar-refractivity contribution in [3.05, 3.63) is 0 Å². The van der Waals surface area contributed by atoms with Crippen LogP contribution in [0.2, 0.25) is 0 Å². The molecule has 0 aromatic carbocycles. The fourth-order valence-corrected chi connectivity index (χ4v) is 1.60. The van der Waals surface area contributed by atoms with Gasteiger partial charge in [0.25, 0.3) is 0 Å². The largest absolute Gasteiger partial charge is 0.351 e. The molecule has 0 aliphatic carbocycles. The molecular weight excluding hydrogens is 241 g/mol. The zero-order chi connectivity index (χ0) is 7.40. The Balaban J connectivity index is 2.49. The predicted molar refractivity (Wildman–Crippen MR) is 47.9 cm³/mol. The third-order valence-corrected chi connectivity index (χ3v) is 2.43. The maximum atomic E-state index is 8.23. The van der Waals surface area contributed by atoms with E-state index < -0.39 is 0 Å². The van der Waals surface area contributed by atoms with E-state index in [1.807, 2.05) is 0 Å². The molecule has 3 nitrogen and oxygen atoms in total. The summed E-state index contributed by atoms with van der Waals surface area (Å²) in [5.41, 5.74) is 0. The lowest BCUT2D eigenvalue weighted by molar-refractivity contribution is 0.533. The van der Waals surface area contributed by atoms with E-state index in [4.69, 9.17) is 5.26 Å². The highest BCUT2D eigenvalue weighted by atomic mass is 127. The van der Waals surface area contributed by atoms with E-state index in [9.17, 15) is 0 Å². The molecule has 1 aliphatic heterocycles. The van der Waals surface area contributed by atoms with E-state index in [2.05, 4.69) is 32.5 Å². The van der Waals surface area contributed by atoms with Crippen LogP contribution in [0.25, 0.3) is 0 Å². The first-order chi connectivity index (χ1) is 4.84. The van der Waals surface area contributed by atoms with Gasteiger partial charge < -0.3 is 4.90 Å². The fourth-order valence-electron chi connectivity index (χ4n) is 1.01. The van der Waals surface area contributed by atoms with Crippen LogP contribution in [0.4, 0.5) is 0 Å². The van der Waals surface area contributed by atoms with Crippen LogP contribution in [-0.2, 0) is 0 Å². The van der Waals surface area contributed by atoms with E-state index in [-0.39, 0.29) is 0 Å². The molecule has 4 heteroatoms. The second-order valence-electron chi connectivity index (χ2n) is 2.17. The van der Waals surface area contributed by atoms with Crippen molar-refractivity contribution in [1.29, 1.82) is 5.26 Å². The summed E-state index contributed by atoms with van der Waals surface area (Å²) in [7, 11) is 0. The maximum Gasteiger partial charge on any atom is 0.208 e. The van der Waals surface area contributed by atoms with Gasteiger partial charge in [-0.25, -0.2) is 0 Å². The lowest BCUT2D eigenvalue weighted by Crippen LogP contribution is -2.22. The Hall–Kier alpha value is -0.310. The first-order valence-corrected chi connectivity index (χ1v) is 4.29. The highest BCUT2D eigenvalue weighted by Gasteiger charge is 2.12. The van der Waals surface area contributed by atoms with Gasteiger partial charge in [0.1, 0.15) is 0 Å². The summed E-state index contributed by atoms with van der Waals surface area (Å²) >= 11 is 2.10. The minimum atomic E-state index is 0.831. The second-order valence-corrected chi connectivity index (χ2v) is 3.14. The molecule has 0 N–H and O–H groups in total. The van der Waals surface area contributed by atoms with Crippen LogP contribution in [0.15, 0.2) is 4.99 Å². The molecule has 54 valence electrons. The average molecular weight is 249 g/mol. The number of hydrogen-bond donors (Lipinski definition) is 0. The number of aliphatic imine (C=N–C) groups is 1. The highest BCUT2D eigenvalue weighted by Crippen LogP contribution is 2.11. The molecule has 0 spiro atoms. The number of rotatable bonds is 0. The molecule has 10 heavy (non-hydrogen) atoms. The summed E-state index contributed by atoms with van der Waals surface area (Å²) < 4.78 is 0.831. The van der Waals surface area contributed by atoms with Crippen molar-refractivity contribution in [2.45, 2.75) is 12.8 Å². The highest BCUT2D eigenvalue weighted by molar-refractivity contribution is 14.1. The molecule has 0 atom stereocenters. The molecule has 1 rings (SSSR count). The van der Waals surface area contributed by atoms with Gasteiger partial charge in [0, 0.05) is 35.7 Å². The molecule has 0 radical (unpaired) electrons. The molecule has 0 amide bonds. The summed E-state index contributed by atoms with van der Waals surface area (Å²) in [6.45, 7) is 2.12. The van der Waals surface area contributed by atoms with Gasteiger partial charge in [-0.05, 0) is 12.8 Å². The van der Waals surface area contributed by atoms with Crippen LogP contribution in [0.3, 0.4) is 0 Å². The third kappa shape index (κ3) is 1.84. The standard InChI is InChI=1S/C6H8IN3/c7-6(9-5-8)10-3-1-2-4-10/h1-4H2. The number of amidine groups is 1. The summed E-state index contributed by atoms with van der Waals surface area (Å²) in [5, 5.41) is 8.23. The molecular formula is C6H8IN3. The average Bonchev–Trinajstić information content (AvgIpc) is 2.38. The van der Waals surface area contributed by atoms with Crippen LogP contribution in [0.5, 0.6) is 0 Å². The zero-order valence-corrected chi connectivity index (χ0v) is 7.71. The Kier molecular flexibility index (Phi) is 2.93. The van der Waals surface area contributed by atoms with Crippen molar-refractivity contribution in [3.8, 4) is 6.19 Å². The molecule has 1 saturated heterocycles. The Bertz CT molecular complexity index is 176. The Morgan fingerprint density at radius 2 is 2.10 bits per heavy atom. The van der Waals surface area contributed by atoms with Crippen molar-refractivity contribution in [1.82, 2.24) is 4.90 Å². The molecule has 0 saturated carbocycles. The van der Waals surface area contributed by atoms with Gasteiger partial charge >= 0.3 is 0 Å². The van der Waals surface area contributed by atoms with Gasteiger partial charge in [-0.15, -0.1) is 4.99 Å². The van der Waals surface area contributed by atoms with Gasteiger partial charge in [-0.3, -0.25) is 0 Å². The smallest absolute Gasteiger partial charge is 0.208 e. The SMILES string of the molecule is N#CN=C(I)N1CCCC1. The zero-order valence-electron chi connectivity index (χ0n) is 5.55. The van der Waals surface area contributed by atoms with E-state index in [0.29, 0.717) is 0 Å². The molecule has 0 aromatic rings. The van der Waals surface area contributed by atoms with Crippen molar-refractivity contribution in [2.75, 3.05) is 13.1 Å². The normalized spacial score (nSPS) is 19.2. The first-order valence-electron chi connectivity index (χ1n) is 3.22. The van der Waals surface area contributed by atoms with Gasteiger partial charge in [0.05, 0.1) is 0 Å². The number of nitriles is 1. The van der Waals surface area contributed by atoms with E-state index in [0.717, 1.165) is 16.9 Å². The van der Waals surface area contributed by atoms with Gasteiger partial charge in [-0.1, -0.05) is 0 Å². The van der Waals surface area contributed by atoms with Crippen molar-refractivity contribution >= 4 is 26.4 Å². The van der Waals surface area contributed by atoms with Crippen LogP contribution in [-0.4, -0.2) is 21.8 Å². The predicted octanol–water partition coefficient (Wildman–Crippen LogP) is 1.35. The van der Waals surface area contributed by atoms with Gasteiger partial charge in [-0.2, -0.15) is 5.26 Å². The van der Waals surface area contributed by atoms with Gasteiger partial charge in [0.2, 0.25) is 6.19 Å². The lowest BCUT2D eigenvalue weighted by atomic mass is 10.4. The van der Waals surface area contributed by atoms with Crippen molar-refractivity contribution < 1.29 is 0 Å². The molecule has 1 heterocycles. The van der Waals surface area contributed by atoms with E-state index >= 15 is 0 Å². The van der Waals surface area contributed by atoms with E-state index in [1.54, 1.807) is 6.19 Å². The molecule has 0 bridgehead atoms. The molecule has 0 aromatic heterocycles. The molecule has 1 aliphatic rings. The van der Waals surface area contributed by atoms with Crippen molar-refractivity contribution in [3.63, 3.8) is 0 Å². The summed E-state index contributed by atoms with van der Waals surface area (Å²) in [5.74, 6) is 0. The monoisotopic (exact) mass is 249 g/mol. The maximum absolute atomic E-state index is 8.23.